The molecule has 19 heavy (non-hydrogen) atoms. The summed E-state index contributed by atoms with van der Waals surface area (Å²) in [5.74, 6) is 0.0248. The summed E-state index contributed by atoms with van der Waals surface area (Å²) in [5, 5.41) is 2.82. The normalized spacial score (nSPS) is 16.6. The Morgan fingerprint density at radius 2 is 1.68 bits per heavy atom. The number of rotatable bonds is 5. The molecule has 3 N–H and O–H groups in total. The maximum absolute atomic E-state index is 12.1. The Morgan fingerprint density at radius 3 is 2.16 bits per heavy atom. The molecule has 0 aromatic carbocycles. The predicted octanol–water partition coefficient (Wildman–Crippen LogP) is 0.879. The topological polar surface area (TPSA) is 75.4 Å². The first-order chi connectivity index (χ1) is 8.66. The smallest absolute Gasteiger partial charge is 0.227 e. The van der Waals surface area contributed by atoms with Gasteiger partial charge in [-0.3, -0.25) is 9.59 Å². The van der Waals surface area contributed by atoms with E-state index in [1.807, 2.05) is 32.6 Å². The van der Waals surface area contributed by atoms with Gasteiger partial charge in [-0.05, 0) is 40.5 Å². The quantitative estimate of drug-likeness (QED) is 0.778. The number of likely N-dealkylation sites (tertiary alicyclic amines) is 1. The van der Waals surface area contributed by atoms with Crippen molar-refractivity contribution < 1.29 is 9.59 Å². The summed E-state index contributed by atoms with van der Waals surface area (Å²) in [6.45, 7) is 9.41. The molecular weight excluding hydrogens is 242 g/mol. The van der Waals surface area contributed by atoms with E-state index < -0.39 is 11.0 Å². The van der Waals surface area contributed by atoms with Gasteiger partial charge in [0.2, 0.25) is 11.8 Å². The zero-order valence-electron chi connectivity index (χ0n) is 12.6. The molecule has 110 valence electrons. The molecule has 1 aliphatic heterocycles. The highest BCUT2D eigenvalue weighted by atomic mass is 16.2. The number of nitrogens with one attached hydrogen (secondary N) is 1. The Balaban J connectivity index is 2.36. The minimum absolute atomic E-state index is 0.103. The molecule has 0 aliphatic carbocycles. The first-order valence-electron chi connectivity index (χ1n) is 7.01. The van der Waals surface area contributed by atoms with Gasteiger partial charge in [-0.15, -0.1) is 0 Å². The van der Waals surface area contributed by atoms with E-state index in [1.54, 1.807) is 0 Å². The second-order valence-electron chi connectivity index (χ2n) is 6.44. The van der Waals surface area contributed by atoms with Gasteiger partial charge in [-0.2, -0.15) is 0 Å². The van der Waals surface area contributed by atoms with Crippen LogP contribution in [0.3, 0.4) is 0 Å². The standard InChI is InChI=1S/C14H27N3O2/c1-13(2,14(3,4)15)12(19)16-8-7-11(18)17-9-5-6-10-17/h5-10,15H2,1-4H3,(H,16,19). The number of amides is 2. The van der Waals surface area contributed by atoms with Crippen LogP contribution in [0.25, 0.3) is 0 Å². The largest absolute Gasteiger partial charge is 0.355 e. The van der Waals surface area contributed by atoms with E-state index in [9.17, 15) is 9.59 Å². The first-order valence-corrected chi connectivity index (χ1v) is 7.01. The molecular formula is C14H27N3O2. The first kappa shape index (κ1) is 16.0. The summed E-state index contributed by atoms with van der Waals surface area (Å²) in [5.41, 5.74) is 4.75. The van der Waals surface area contributed by atoms with E-state index in [0.717, 1.165) is 25.9 Å². The molecule has 1 rings (SSSR count). The van der Waals surface area contributed by atoms with Gasteiger partial charge in [0.15, 0.2) is 0 Å². The number of nitrogens with zero attached hydrogens (tertiary/aromatic N) is 1. The van der Waals surface area contributed by atoms with Crippen LogP contribution in [0.15, 0.2) is 0 Å². The highest BCUT2D eigenvalue weighted by Gasteiger charge is 2.40. The van der Waals surface area contributed by atoms with Crippen molar-refractivity contribution in [3.8, 4) is 0 Å². The molecule has 0 aromatic rings. The highest BCUT2D eigenvalue weighted by Crippen LogP contribution is 2.28. The van der Waals surface area contributed by atoms with Crippen LogP contribution in [0.1, 0.15) is 47.0 Å². The minimum atomic E-state index is -0.663. The van der Waals surface area contributed by atoms with Gasteiger partial charge in [0.05, 0.1) is 5.41 Å². The second kappa shape index (κ2) is 5.90. The number of hydrogen-bond donors (Lipinski definition) is 2. The minimum Gasteiger partial charge on any atom is -0.355 e. The van der Waals surface area contributed by atoms with Crippen LogP contribution < -0.4 is 11.1 Å². The van der Waals surface area contributed by atoms with Crippen LogP contribution in [-0.4, -0.2) is 41.9 Å². The van der Waals surface area contributed by atoms with Crippen molar-refractivity contribution in [3.05, 3.63) is 0 Å². The maximum atomic E-state index is 12.1. The Bertz CT molecular complexity index is 339. The van der Waals surface area contributed by atoms with Gasteiger partial charge in [-0.25, -0.2) is 0 Å². The molecule has 0 saturated carbocycles. The van der Waals surface area contributed by atoms with Crippen molar-refractivity contribution >= 4 is 11.8 Å². The molecule has 0 bridgehead atoms. The lowest BCUT2D eigenvalue weighted by Crippen LogP contribution is -2.55. The van der Waals surface area contributed by atoms with Crippen LogP contribution in [0.5, 0.6) is 0 Å². The third-order valence-electron chi connectivity index (χ3n) is 4.26. The van der Waals surface area contributed by atoms with Crippen LogP contribution in [-0.2, 0) is 9.59 Å². The van der Waals surface area contributed by atoms with Gasteiger partial charge in [0.1, 0.15) is 0 Å². The molecule has 1 fully saturated rings. The van der Waals surface area contributed by atoms with Crippen molar-refractivity contribution in [2.45, 2.75) is 52.5 Å². The van der Waals surface area contributed by atoms with E-state index in [0.29, 0.717) is 13.0 Å². The molecule has 0 unspecified atom stereocenters. The van der Waals surface area contributed by atoms with E-state index in [-0.39, 0.29) is 11.8 Å². The zero-order chi connectivity index (χ0) is 14.7. The predicted molar refractivity (Wildman–Crippen MR) is 75.5 cm³/mol. The van der Waals surface area contributed by atoms with Crippen molar-refractivity contribution in [1.29, 1.82) is 0 Å². The van der Waals surface area contributed by atoms with Gasteiger partial charge < -0.3 is 16.0 Å². The third kappa shape index (κ3) is 3.93. The fraction of sp³-hybridized carbons (Fsp3) is 0.857. The Kier molecular flexibility index (Phi) is 4.96. The van der Waals surface area contributed by atoms with Gasteiger partial charge in [0.25, 0.3) is 0 Å². The number of hydrogen-bond acceptors (Lipinski definition) is 3. The third-order valence-corrected chi connectivity index (χ3v) is 4.26. The molecule has 1 aliphatic rings. The molecule has 0 aromatic heterocycles. The average molecular weight is 269 g/mol. The molecule has 1 heterocycles. The lowest BCUT2D eigenvalue weighted by Gasteiger charge is -2.36. The van der Waals surface area contributed by atoms with Crippen LogP contribution in [0, 0.1) is 5.41 Å². The lowest BCUT2D eigenvalue weighted by atomic mass is 9.74. The van der Waals surface area contributed by atoms with E-state index >= 15 is 0 Å². The van der Waals surface area contributed by atoms with E-state index in [1.165, 1.54) is 0 Å². The van der Waals surface area contributed by atoms with Crippen LogP contribution >= 0.6 is 0 Å². The Morgan fingerprint density at radius 1 is 1.16 bits per heavy atom. The molecule has 2 amide bonds. The van der Waals surface area contributed by atoms with E-state index in [2.05, 4.69) is 5.32 Å². The van der Waals surface area contributed by atoms with Gasteiger partial charge in [0, 0.05) is 31.6 Å². The Hall–Kier alpha value is -1.10. The van der Waals surface area contributed by atoms with Crippen molar-refractivity contribution in [1.82, 2.24) is 10.2 Å². The summed E-state index contributed by atoms with van der Waals surface area (Å²) >= 11 is 0. The summed E-state index contributed by atoms with van der Waals surface area (Å²) in [6.07, 6.45) is 2.55. The van der Waals surface area contributed by atoms with Crippen LogP contribution in [0.2, 0.25) is 0 Å². The maximum Gasteiger partial charge on any atom is 0.227 e. The summed E-state index contributed by atoms with van der Waals surface area (Å²) in [4.78, 5) is 25.8. The zero-order valence-corrected chi connectivity index (χ0v) is 12.6. The Labute approximate surface area is 115 Å². The fourth-order valence-corrected chi connectivity index (χ4v) is 1.92. The highest BCUT2D eigenvalue weighted by molar-refractivity contribution is 5.84. The lowest BCUT2D eigenvalue weighted by molar-refractivity contribution is -0.133. The summed E-state index contributed by atoms with van der Waals surface area (Å²) < 4.78 is 0. The summed E-state index contributed by atoms with van der Waals surface area (Å²) in [6, 6.07) is 0. The van der Waals surface area contributed by atoms with Crippen molar-refractivity contribution in [2.24, 2.45) is 11.1 Å². The molecule has 1 saturated heterocycles. The van der Waals surface area contributed by atoms with E-state index in [4.69, 9.17) is 5.73 Å². The SMILES string of the molecule is CC(C)(N)C(C)(C)C(=O)NCCC(=O)N1CCCC1. The number of carbonyl (C=O) groups is 2. The van der Waals surface area contributed by atoms with Gasteiger partial charge >= 0.3 is 0 Å². The fourth-order valence-electron chi connectivity index (χ4n) is 1.92. The molecule has 0 atom stereocenters. The van der Waals surface area contributed by atoms with Crippen LogP contribution in [0.4, 0.5) is 0 Å². The summed E-state index contributed by atoms with van der Waals surface area (Å²) in [7, 11) is 0. The van der Waals surface area contributed by atoms with Gasteiger partial charge in [-0.1, -0.05) is 0 Å². The average Bonchev–Trinajstić information content (AvgIpc) is 2.80. The van der Waals surface area contributed by atoms with Crippen molar-refractivity contribution in [2.75, 3.05) is 19.6 Å². The molecule has 0 radical (unpaired) electrons. The second-order valence-corrected chi connectivity index (χ2v) is 6.44. The number of nitrogens with two attached hydrogens (primary N) is 1. The molecule has 0 spiro atoms. The monoisotopic (exact) mass is 269 g/mol. The molecule has 5 heteroatoms. The van der Waals surface area contributed by atoms with Crippen molar-refractivity contribution in [3.63, 3.8) is 0 Å². The molecule has 5 nitrogen and oxygen atoms in total. The number of carbonyl (C=O) groups excluding carboxylic acids is 2.